The molecule has 0 unspecified atom stereocenters. The Kier molecular flexibility index (Phi) is 4.65. The maximum Gasteiger partial charge on any atom is 0.319 e. The van der Waals surface area contributed by atoms with E-state index < -0.39 is 0 Å². The van der Waals surface area contributed by atoms with Crippen molar-refractivity contribution in [2.45, 2.75) is 19.9 Å². The topological polar surface area (TPSA) is 98.9 Å². The average Bonchev–Trinajstić information content (AvgIpc) is 2.96. The SMILES string of the molecule is CC(C)NC(=O)Nc1ccc(C(=O)Nc2nc3ccccc3[nH]2)cc1. The van der Waals surface area contributed by atoms with Crippen LogP contribution >= 0.6 is 0 Å². The van der Waals surface area contributed by atoms with Crippen molar-refractivity contribution in [3.05, 3.63) is 54.1 Å². The third-order valence-corrected chi connectivity index (χ3v) is 3.45. The minimum atomic E-state index is -0.283. The number of carbonyl (C=O) groups excluding carboxylic acids is 2. The lowest BCUT2D eigenvalue weighted by Gasteiger charge is -2.10. The number of carbonyl (C=O) groups is 2. The fraction of sp³-hybridized carbons (Fsp3) is 0.167. The van der Waals surface area contributed by atoms with Gasteiger partial charge in [-0.25, -0.2) is 9.78 Å². The molecule has 0 fully saturated rings. The number of para-hydroxylation sites is 2. The number of nitrogens with one attached hydrogen (secondary N) is 4. The number of benzene rings is 2. The molecule has 0 aliphatic rings. The summed E-state index contributed by atoms with van der Waals surface area (Å²) < 4.78 is 0. The van der Waals surface area contributed by atoms with Gasteiger partial charge in [0.25, 0.3) is 5.91 Å². The molecule has 3 aromatic rings. The number of nitrogens with zero attached hydrogens (tertiary/aromatic N) is 1. The smallest absolute Gasteiger partial charge is 0.319 e. The van der Waals surface area contributed by atoms with Crippen LogP contribution in [0.3, 0.4) is 0 Å². The van der Waals surface area contributed by atoms with Crippen molar-refractivity contribution in [1.82, 2.24) is 15.3 Å². The second kappa shape index (κ2) is 7.04. The Morgan fingerprint density at radius 1 is 1.00 bits per heavy atom. The number of anilines is 2. The first-order valence-electron chi connectivity index (χ1n) is 7.95. The number of rotatable bonds is 4. The summed E-state index contributed by atoms with van der Waals surface area (Å²) >= 11 is 0. The number of aromatic amines is 1. The standard InChI is InChI=1S/C18H19N5O2/c1-11(2)19-18(25)20-13-9-7-12(8-10-13)16(24)23-17-21-14-5-3-4-6-15(14)22-17/h3-11H,1-2H3,(H2,19,20,25)(H2,21,22,23,24). The number of amides is 3. The van der Waals surface area contributed by atoms with Crippen LogP contribution in [0.25, 0.3) is 11.0 Å². The van der Waals surface area contributed by atoms with Crippen molar-refractivity contribution in [3.63, 3.8) is 0 Å². The molecule has 25 heavy (non-hydrogen) atoms. The first kappa shape index (κ1) is 16.5. The molecule has 0 spiro atoms. The van der Waals surface area contributed by atoms with E-state index in [1.165, 1.54) is 0 Å². The second-order valence-corrected chi connectivity index (χ2v) is 5.89. The van der Waals surface area contributed by atoms with Crippen molar-refractivity contribution in [2.75, 3.05) is 10.6 Å². The van der Waals surface area contributed by atoms with Gasteiger partial charge in [-0.15, -0.1) is 0 Å². The predicted octanol–water partition coefficient (Wildman–Crippen LogP) is 3.35. The molecular weight excluding hydrogens is 318 g/mol. The second-order valence-electron chi connectivity index (χ2n) is 5.89. The van der Waals surface area contributed by atoms with E-state index >= 15 is 0 Å². The van der Waals surface area contributed by atoms with Crippen LogP contribution in [-0.2, 0) is 0 Å². The maximum atomic E-state index is 12.3. The highest BCUT2D eigenvalue weighted by Crippen LogP contribution is 2.15. The van der Waals surface area contributed by atoms with Crippen LogP contribution in [0.15, 0.2) is 48.5 Å². The van der Waals surface area contributed by atoms with E-state index in [1.54, 1.807) is 24.3 Å². The van der Waals surface area contributed by atoms with Crippen molar-refractivity contribution in [2.24, 2.45) is 0 Å². The summed E-state index contributed by atoms with van der Waals surface area (Å²) in [5.74, 6) is 0.113. The summed E-state index contributed by atoms with van der Waals surface area (Å²) in [6.07, 6.45) is 0. The summed E-state index contributed by atoms with van der Waals surface area (Å²) in [5.41, 5.74) is 2.72. The van der Waals surface area contributed by atoms with Gasteiger partial charge >= 0.3 is 6.03 Å². The van der Waals surface area contributed by atoms with Crippen molar-refractivity contribution in [3.8, 4) is 0 Å². The summed E-state index contributed by atoms with van der Waals surface area (Å²) in [5, 5.41) is 8.17. The monoisotopic (exact) mass is 337 g/mol. The van der Waals surface area contributed by atoms with E-state index in [0.717, 1.165) is 11.0 Å². The van der Waals surface area contributed by atoms with Gasteiger partial charge < -0.3 is 15.6 Å². The Balaban J connectivity index is 1.65. The van der Waals surface area contributed by atoms with Gasteiger partial charge in [0.05, 0.1) is 11.0 Å². The van der Waals surface area contributed by atoms with Crippen LogP contribution in [0.4, 0.5) is 16.4 Å². The molecule has 7 heteroatoms. The van der Waals surface area contributed by atoms with Gasteiger partial charge in [0.1, 0.15) is 0 Å². The molecule has 0 aliphatic carbocycles. The number of aromatic nitrogens is 2. The highest BCUT2D eigenvalue weighted by atomic mass is 16.2. The highest BCUT2D eigenvalue weighted by Gasteiger charge is 2.10. The van der Waals surface area contributed by atoms with Crippen LogP contribution in [0.2, 0.25) is 0 Å². The van der Waals surface area contributed by atoms with Crippen LogP contribution < -0.4 is 16.0 Å². The number of fused-ring (bicyclic) bond motifs is 1. The van der Waals surface area contributed by atoms with E-state index in [4.69, 9.17) is 0 Å². The Hall–Kier alpha value is -3.35. The lowest BCUT2D eigenvalue weighted by molar-refractivity contribution is 0.102. The molecule has 1 heterocycles. The van der Waals surface area contributed by atoms with E-state index in [-0.39, 0.29) is 18.0 Å². The Labute approximate surface area is 144 Å². The zero-order valence-corrected chi connectivity index (χ0v) is 14.0. The first-order valence-corrected chi connectivity index (χ1v) is 7.95. The number of imidazole rings is 1. The molecule has 0 aliphatic heterocycles. The minimum Gasteiger partial charge on any atom is -0.336 e. The lowest BCUT2D eigenvalue weighted by Crippen LogP contribution is -2.34. The summed E-state index contributed by atoms with van der Waals surface area (Å²) in [6, 6.07) is 13.9. The molecule has 7 nitrogen and oxygen atoms in total. The molecule has 128 valence electrons. The zero-order valence-electron chi connectivity index (χ0n) is 14.0. The van der Waals surface area contributed by atoms with Crippen LogP contribution in [0, 0.1) is 0 Å². The van der Waals surface area contributed by atoms with Crippen LogP contribution in [0.1, 0.15) is 24.2 Å². The van der Waals surface area contributed by atoms with Gasteiger partial charge in [-0.1, -0.05) is 12.1 Å². The third-order valence-electron chi connectivity index (χ3n) is 3.45. The van der Waals surface area contributed by atoms with Gasteiger partial charge in [-0.05, 0) is 50.2 Å². The van der Waals surface area contributed by atoms with E-state index in [2.05, 4.69) is 25.9 Å². The summed E-state index contributed by atoms with van der Waals surface area (Å²) in [4.78, 5) is 31.3. The van der Waals surface area contributed by atoms with Crippen LogP contribution in [0.5, 0.6) is 0 Å². The fourth-order valence-electron chi connectivity index (χ4n) is 2.33. The third kappa shape index (κ3) is 4.14. The van der Waals surface area contributed by atoms with Gasteiger partial charge in [0, 0.05) is 17.3 Å². The number of urea groups is 1. The minimum absolute atomic E-state index is 0.0499. The van der Waals surface area contributed by atoms with Crippen LogP contribution in [-0.4, -0.2) is 27.9 Å². The van der Waals surface area contributed by atoms with Gasteiger partial charge in [-0.2, -0.15) is 0 Å². The molecule has 3 amide bonds. The van der Waals surface area contributed by atoms with Gasteiger partial charge in [0.2, 0.25) is 5.95 Å². The van der Waals surface area contributed by atoms with E-state index in [0.29, 0.717) is 17.2 Å². The quantitative estimate of drug-likeness (QED) is 0.587. The molecule has 1 aromatic heterocycles. The van der Waals surface area contributed by atoms with Crippen molar-refractivity contribution < 1.29 is 9.59 Å². The molecule has 0 atom stereocenters. The Bertz CT molecular complexity index is 866. The fourth-order valence-corrected chi connectivity index (χ4v) is 2.33. The number of hydrogen-bond donors (Lipinski definition) is 4. The highest BCUT2D eigenvalue weighted by molar-refractivity contribution is 6.04. The largest absolute Gasteiger partial charge is 0.336 e. The first-order chi connectivity index (χ1) is 12.0. The van der Waals surface area contributed by atoms with Crippen molar-refractivity contribution >= 4 is 34.6 Å². The summed E-state index contributed by atoms with van der Waals surface area (Å²) in [7, 11) is 0. The Morgan fingerprint density at radius 3 is 2.40 bits per heavy atom. The molecule has 0 radical (unpaired) electrons. The van der Waals surface area contributed by atoms with Gasteiger partial charge in [-0.3, -0.25) is 10.1 Å². The number of H-pyrrole nitrogens is 1. The normalized spacial score (nSPS) is 10.7. The molecule has 2 aromatic carbocycles. The van der Waals surface area contributed by atoms with E-state index in [1.807, 2.05) is 38.1 Å². The molecular formula is C18H19N5O2. The molecule has 0 saturated heterocycles. The maximum absolute atomic E-state index is 12.3. The lowest BCUT2D eigenvalue weighted by atomic mass is 10.2. The molecule has 3 rings (SSSR count). The average molecular weight is 337 g/mol. The van der Waals surface area contributed by atoms with Gasteiger partial charge in [0.15, 0.2) is 0 Å². The Morgan fingerprint density at radius 2 is 1.72 bits per heavy atom. The number of hydrogen-bond acceptors (Lipinski definition) is 3. The van der Waals surface area contributed by atoms with Crippen molar-refractivity contribution in [1.29, 1.82) is 0 Å². The zero-order chi connectivity index (χ0) is 17.8. The van der Waals surface area contributed by atoms with E-state index in [9.17, 15) is 9.59 Å². The summed E-state index contributed by atoms with van der Waals surface area (Å²) in [6.45, 7) is 3.76. The predicted molar refractivity (Wildman–Crippen MR) is 97.8 cm³/mol. The molecule has 4 N–H and O–H groups in total. The molecule has 0 saturated carbocycles. The molecule has 0 bridgehead atoms.